The van der Waals surface area contributed by atoms with Crippen LogP contribution in [0.2, 0.25) is 0 Å². The first-order valence-electron chi connectivity index (χ1n) is 5.36. The van der Waals surface area contributed by atoms with Crippen LogP contribution in [0.4, 0.5) is 0 Å². The predicted molar refractivity (Wildman–Crippen MR) is 63.2 cm³/mol. The van der Waals surface area contributed by atoms with Gasteiger partial charge in [0.05, 0.1) is 7.11 Å². The number of aryl methyl sites for hydroxylation is 1. The molecule has 0 bridgehead atoms. The van der Waals surface area contributed by atoms with Gasteiger partial charge in [0, 0.05) is 12.1 Å². The molecule has 0 aliphatic heterocycles. The van der Waals surface area contributed by atoms with Crippen LogP contribution >= 0.6 is 0 Å². The number of fused-ring (bicyclic) bond motifs is 1. The van der Waals surface area contributed by atoms with E-state index >= 15 is 0 Å². The zero-order valence-electron chi connectivity index (χ0n) is 9.34. The smallest absolute Gasteiger partial charge is 0.126 e. The van der Waals surface area contributed by atoms with Gasteiger partial charge < -0.3 is 10.1 Å². The van der Waals surface area contributed by atoms with E-state index in [0.29, 0.717) is 0 Å². The molecule has 0 saturated carbocycles. The van der Waals surface area contributed by atoms with E-state index in [0.717, 1.165) is 25.1 Å². The number of hydrogen-bond donors (Lipinski definition) is 1. The summed E-state index contributed by atoms with van der Waals surface area (Å²) in [7, 11) is 3.71. The normalized spacial score (nSPS) is 14.4. The third kappa shape index (κ3) is 1.90. The minimum atomic E-state index is 0.910. The Kier molecular flexibility index (Phi) is 3.07. The van der Waals surface area contributed by atoms with Crippen molar-refractivity contribution in [3.63, 3.8) is 0 Å². The second-order valence-corrected chi connectivity index (χ2v) is 3.79. The van der Waals surface area contributed by atoms with Gasteiger partial charge in [-0.25, -0.2) is 0 Å². The molecule has 0 amide bonds. The Bertz CT molecular complexity index is 382. The Morgan fingerprint density at radius 1 is 1.40 bits per heavy atom. The van der Waals surface area contributed by atoms with E-state index in [4.69, 9.17) is 4.74 Å². The van der Waals surface area contributed by atoms with E-state index in [-0.39, 0.29) is 0 Å². The summed E-state index contributed by atoms with van der Waals surface area (Å²) in [5, 5.41) is 3.21. The Hall–Kier alpha value is -1.28. The zero-order chi connectivity index (χ0) is 10.7. The summed E-state index contributed by atoms with van der Waals surface area (Å²) in [6.45, 7) is 0.910. The van der Waals surface area contributed by atoms with Gasteiger partial charge in [-0.05, 0) is 37.1 Å². The number of nitrogens with one attached hydrogen (secondary N) is 1. The first-order valence-corrected chi connectivity index (χ1v) is 5.36. The minimum absolute atomic E-state index is 0.910. The molecular formula is C13H17NO. The molecule has 2 nitrogen and oxygen atoms in total. The summed E-state index contributed by atoms with van der Waals surface area (Å²) in [6, 6.07) is 6.30. The number of hydrogen-bond acceptors (Lipinski definition) is 2. The molecule has 0 fully saturated rings. The molecule has 0 radical (unpaired) electrons. The van der Waals surface area contributed by atoms with Crippen LogP contribution in [0.3, 0.4) is 0 Å². The second-order valence-electron chi connectivity index (χ2n) is 3.79. The molecule has 1 aromatic carbocycles. The van der Waals surface area contributed by atoms with E-state index in [1.54, 1.807) is 7.11 Å². The summed E-state index contributed by atoms with van der Waals surface area (Å²) < 4.78 is 5.42. The van der Waals surface area contributed by atoms with Gasteiger partial charge in [0.25, 0.3) is 0 Å². The van der Waals surface area contributed by atoms with Gasteiger partial charge in [0.1, 0.15) is 5.75 Å². The fourth-order valence-electron chi connectivity index (χ4n) is 2.17. The molecule has 1 aromatic rings. The molecule has 0 spiro atoms. The van der Waals surface area contributed by atoms with Crippen LogP contribution in [0.1, 0.15) is 17.5 Å². The highest BCUT2D eigenvalue weighted by Gasteiger charge is 2.15. The number of likely N-dealkylation sites (N-methyl/N-ethyl adjacent to an activating group) is 1. The SMILES string of the molecule is CNCC1=CCCc2cccc(OC)c21. The van der Waals surface area contributed by atoms with E-state index in [2.05, 4.69) is 23.5 Å². The Morgan fingerprint density at radius 3 is 3.00 bits per heavy atom. The van der Waals surface area contributed by atoms with Crippen molar-refractivity contribution in [3.8, 4) is 5.75 Å². The maximum atomic E-state index is 5.42. The zero-order valence-corrected chi connectivity index (χ0v) is 9.34. The molecule has 1 aliphatic carbocycles. The first kappa shape index (κ1) is 10.2. The highest BCUT2D eigenvalue weighted by atomic mass is 16.5. The predicted octanol–water partition coefficient (Wildman–Crippen LogP) is 2.24. The van der Waals surface area contributed by atoms with Crippen molar-refractivity contribution >= 4 is 5.57 Å². The highest BCUT2D eigenvalue weighted by molar-refractivity contribution is 5.75. The molecule has 1 N–H and O–H groups in total. The standard InChI is InChI=1S/C13H17NO/c1-14-9-11-7-3-5-10-6-4-8-12(15-2)13(10)11/h4,6-8,14H,3,5,9H2,1-2H3. The monoisotopic (exact) mass is 203 g/mol. The van der Waals surface area contributed by atoms with Crippen LogP contribution in [0.5, 0.6) is 5.75 Å². The Morgan fingerprint density at radius 2 is 2.27 bits per heavy atom. The van der Waals surface area contributed by atoms with Gasteiger partial charge in [0.15, 0.2) is 0 Å². The number of benzene rings is 1. The molecule has 0 unspecified atom stereocenters. The van der Waals surface area contributed by atoms with E-state index in [1.165, 1.54) is 16.7 Å². The van der Waals surface area contributed by atoms with Crippen LogP contribution in [-0.4, -0.2) is 20.7 Å². The van der Waals surface area contributed by atoms with Crippen molar-refractivity contribution in [1.29, 1.82) is 0 Å². The maximum Gasteiger partial charge on any atom is 0.126 e. The van der Waals surface area contributed by atoms with Crippen molar-refractivity contribution < 1.29 is 4.74 Å². The van der Waals surface area contributed by atoms with Crippen LogP contribution in [0.15, 0.2) is 24.3 Å². The lowest BCUT2D eigenvalue weighted by atomic mass is 9.90. The van der Waals surface area contributed by atoms with Crippen molar-refractivity contribution in [2.75, 3.05) is 20.7 Å². The number of allylic oxidation sites excluding steroid dienone is 1. The summed E-state index contributed by atoms with van der Waals surface area (Å²) >= 11 is 0. The molecule has 80 valence electrons. The quantitative estimate of drug-likeness (QED) is 0.813. The fraction of sp³-hybridized carbons (Fsp3) is 0.385. The van der Waals surface area contributed by atoms with Crippen molar-refractivity contribution in [2.24, 2.45) is 0 Å². The third-order valence-corrected chi connectivity index (χ3v) is 2.83. The summed E-state index contributed by atoms with van der Waals surface area (Å²) in [5.74, 6) is 0.994. The van der Waals surface area contributed by atoms with Crippen molar-refractivity contribution in [3.05, 3.63) is 35.4 Å². The molecule has 0 atom stereocenters. The summed E-state index contributed by atoms with van der Waals surface area (Å²) in [5.41, 5.74) is 4.05. The van der Waals surface area contributed by atoms with Gasteiger partial charge in [-0.2, -0.15) is 0 Å². The van der Waals surface area contributed by atoms with E-state index in [9.17, 15) is 0 Å². The molecule has 0 heterocycles. The molecule has 0 saturated heterocycles. The van der Waals surface area contributed by atoms with Gasteiger partial charge in [-0.1, -0.05) is 18.2 Å². The van der Waals surface area contributed by atoms with E-state index < -0.39 is 0 Å². The maximum absolute atomic E-state index is 5.42. The average molecular weight is 203 g/mol. The van der Waals surface area contributed by atoms with Crippen LogP contribution in [0, 0.1) is 0 Å². The van der Waals surface area contributed by atoms with Gasteiger partial charge in [0.2, 0.25) is 0 Å². The lowest BCUT2D eigenvalue weighted by Gasteiger charge is -2.20. The van der Waals surface area contributed by atoms with Gasteiger partial charge >= 0.3 is 0 Å². The molecule has 15 heavy (non-hydrogen) atoms. The second kappa shape index (κ2) is 4.49. The molecule has 2 rings (SSSR count). The topological polar surface area (TPSA) is 21.3 Å². The minimum Gasteiger partial charge on any atom is -0.496 e. The van der Waals surface area contributed by atoms with Crippen molar-refractivity contribution in [2.45, 2.75) is 12.8 Å². The molecule has 0 aromatic heterocycles. The number of rotatable bonds is 3. The number of methoxy groups -OCH3 is 1. The molecular weight excluding hydrogens is 186 g/mol. The summed E-state index contributed by atoms with van der Waals surface area (Å²) in [4.78, 5) is 0. The molecule has 1 aliphatic rings. The van der Waals surface area contributed by atoms with Gasteiger partial charge in [-0.15, -0.1) is 0 Å². The molecule has 2 heteroatoms. The van der Waals surface area contributed by atoms with E-state index in [1.807, 2.05) is 13.1 Å². The fourth-order valence-corrected chi connectivity index (χ4v) is 2.17. The lowest BCUT2D eigenvalue weighted by molar-refractivity contribution is 0.412. The number of ether oxygens (including phenoxy) is 1. The third-order valence-electron chi connectivity index (χ3n) is 2.83. The Labute approximate surface area is 91.0 Å². The van der Waals surface area contributed by atoms with Gasteiger partial charge in [-0.3, -0.25) is 0 Å². The van der Waals surface area contributed by atoms with Crippen LogP contribution < -0.4 is 10.1 Å². The van der Waals surface area contributed by atoms with Crippen molar-refractivity contribution in [1.82, 2.24) is 5.32 Å². The Balaban J connectivity index is 2.46. The largest absolute Gasteiger partial charge is 0.496 e. The summed E-state index contributed by atoms with van der Waals surface area (Å²) in [6.07, 6.45) is 4.57. The first-order chi connectivity index (χ1) is 7.36. The van der Waals surface area contributed by atoms with Crippen LogP contribution in [0.25, 0.3) is 5.57 Å². The highest BCUT2D eigenvalue weighted by Crippen LogP contribution is 2.33. The average Bonchev–Trinajstić information content (AvgIpc) is 2.29. The van der Waals surface area contributed by atoms with Crippen LogP contribution in [-0.2, 0) is 6.42 Å². The lowest BCUT2D eigenvalue weighted by Crippen LogP contribution is -2.13.